The lowest BCUT2D eigenvalue weighted by Gasteiger charge is -1.89. The van der Waals surface area contributed by atoms with Crippen molar-refractivity contribution in [2.45, 2.75) is 13.8 Å². The molecule has 0 bridgehead atoms. The zero-order valence-corrected chi connectivity index (χ0v) is 13.4. The number of rotatable bonds is 0. The lowest BCUT2D eigenvalue weighted by Crippen LogP contribution is -1.71. The molecule has 4 aromatic rings. The van der Waals surface area contributed by atoms with E-state index in [1.54, 1.807) is 6.33 Å². The van der Waals surface area contributed by atoms with Crippen LogP contribution >= 0.6 is 15.9 Å². The minimum atomic E-state index is 0.790. The van der Waals surface area contributed by atoms with E-state index in [0.717, 1.165) is 26.8 Å². The molecule has 0 radical (unpaired) electrons. The minimum absolute atomic E-state index is 0.790. The van der Waals surface area contributed by atoms with Crippen LogP contribution in [-0.4, -0.2) is 19.9 Å². The highest BCUT2D eigenvalue weighted by molar-refractivity contribution is 9.10. The number of nitrogens with zero attached hydrogens (tertiary/aromatic N) is 2. The van der Waals surface area contributed by atoms with E-state index in [9.17, 15) is 0 Å². The first kappa shape index (κ1) is 13.8. The van der Waals surface area contributed by atoms with Crippen LogP contribution in [0.15, 0.2) is 47.5 Å². The van der Waals surface area contributed by atoms with Crippen LogP contribution in [0.25, 0.3) is 22.1 Å². The standard InChI is InChI=1S/C8H7BrN2.C8H8N2/c1-5-2-3-6-7(4-5)11-8(9)10-6;1-6-2-3-7-8(4-6)10-5-9-7/h2-4H,1H3,(H,10,11);2-5H,1H3,(H,9,10). The van der Waals surface area contributed by atoms with Gasteiger partial charge in [-0.25, -0.2) is 9.97 Å². The summed E-state index contributed by atoms with van der Waals surface area (Å²) in [7, 11) is 0. The van der Waals surface area contributed by atoms with Crippen molar-refractivity contribution >= 4 is 38.0 Å². The van der Waals surface area contributed by atoms with Crippen LogP contribution < -0.4 is 0 Å². The maximum atomic E-state index is 4.22. The zero-order valence-electron chi connectivity index (χ0n) is 11.8. The van der Waals surface area contributed by atoms with Crippen LogP contribution in [0.5, 0.6) is 0 Å². The first-order chi connectivity index (χ1) is 10.1. The van der Waals surface area contributed by atoms with E-state index in [1.165, 1.54) is 11.1 Å². The van der Waals surface area contributed by atoms with Gasteiger partial charge in [0.1, 0.15) is 0 Å². The molecule has 0 spiro atoms. The molecule has 0 aliphatic rings. The fraction of sp³-hybridized carbons (Fsp3) is 0.125. The monoisotopic (exact) mass is 342 g/mol. The average molecular weight is 343 g/mol. The fourth-order valence-corrected chi connectivity index (χ4v) is 2.55. The summed E-state index contributed by atoms with van der Waals surface area (Å²) >= 11 is 3.28. The van der Waals surface area contributed by atoms with E-state index in [1.807, 2.05) is 12.1 Å². The molecule has 106 valence electrons. The summed E-state index contributed by atoms with van der Waals surface area (Å²) < 4.78 is 0.790. The van der Waals surface area contributed by atoms with Crippen LogP contribution in [0, 0.1) is 13.8 Å². The summed E-state index contributed by atoms with van der Waals surface area (Å²) in [5.74, 6) is 0. The molecule has 0 aliphatic heterocycles. The fourth-order valence-electron chi connectivity index (χ4n) is 2.14. The third kappa shape index (κ3) is 3.13. The van der Waals surface area contributed by atoms with Gasteiger partial charge < -0.3 is 9.97 Å². The molecule has 0 unspecified atom stereocenters. The summed E-state index contributed by atoms with van der Waals surface area (Å²) in [5, 5.41) is 0. The molecule has 4 nitrogen and oxygen atoms in total. The number of nitrogens with one attached hydrogen (secondary N) is 2. The Bertz CT molecular complexity index is 891. The smallest absolute Gasteiger partial charge is 0.175 e. The summed E-state index contributed by atoms with van der Waals surface area (Å²) in [6.07, 6.45) is 1.71. The highest BCUT2D eigenvalue weighted by atomic mass is 79.9. The number of fused-ring (bicyclic) bond motifs is 2. The highest BCUT2D eigenvalue weighted by Crippen LogP contribution is 2.15. The van der Waals surface area contributed by atoms with Crippen LogP contribution in [0.4, 0.5) is 0 Å². The van der Waals surface area contributed by atoms with Gasteiger partial charge in [0.05, 0.1) is 28.4 Å². The Morgan fingerprint density at radius 1 is 0.905 bits per heavy atom. The molecule has 2 N–H and O–H groups in total. The molecule has 21 heavy (non-hydrogen) atoms. The maximum absolute atomic E-state index is 4.22. The van der Waals surface area contributed by atoms with E-state index < -0.39 is 0 Å². The Labute approximate surface area is 130 Å². The van der Waals surface area contributed by atoms with Crippen LogP contribution in [0.2, 0.25) is 0 Å². The number of aromatic nitrogens is 4. The number of halogens is 1. The van der Waals surface area contributed by atoms with Crippen molar-refractivity contribution in [2.75, 3.05) is 0 Å². The summed E-state index contributed by atoms with van der Waals surface area (Å²) in [5.41, 5.74) is 6.73. The Hall–Kier alpha value is -2.14. The predicted molar refractivity (Wildman–Crippen MR) is 89.4 cm³/mol. The van der Waals surface area contributed by atoms with Crippen molar-refractivity contribution in [2.24, 2.45) is 0 Å². The second-order valence-corrected chi connectivity index (χ2v) is 5.72. The number of H-pyrrole nitrogens is 2. The molecular formula is C16H15BrN4. The van der Waals surface area contributed by atoms with Gasteiger partial charge in [0.2, 0.25) is 0 Å². The van der Waals surface area contributed by atoms with Gasteiger partial charge >= 0.3 is 0 Å². The molecule has 2 heterocycles. The predicted octanol–water partition coefficient (Wildman–Crippen LogP) is 4.51. The molecule has 0 saturated heterocycles. The van der Waals surface area contributed by atoms with Crippen LogP contribution in [-0.2, 0) is 0 Å². The zero-order chi connectivity index (χ0) is 14.8. The first-order valence-corrected chi connectivity index (χ1v) is 7.43. The average Bonchev–Trinajstić information content (AvgIpc) is 3.03. The second-order valence-electron chi connectivity index (χ2n) is 4.97. The van der Waals surface area contributed by atoms with Crippen molar-refractivity contribution in [1.29, 1.82) is 0 Å². The number of imidazole rings is 2. The lowest BCUT2D eigenvalue weighted by molar-refractivity contribution is 1.27. The van der Waals surface area contributed by atoms with Gasteiger partial charge in [0.15, 0.2) is 4.73 Å². The number of hydrogen-bond acceptors (Lipinski definition) is 2. The van der Waals surface area contributed by atoms with Crippen molar-refractivity contribution in [1.82, 2.24) is 19.9 Å². The summed E-state index contributed by atoms with van der Waals surface area (Å²) in [4.78, 5) is 14.5. The summed E-state index contributed by atoms with van der Waals surface area (Å²) in [6, 6.07) is 12.3. The SMILES string of the molecule is Cc1ccc2nc(Br)[nH]c2c1.Cc1ccc2nc[nH]c2c1. The first-order valence-electron chi connectivity index (χ1n) is 6.63. The normalized spacial score (nSPS) is 10.6. The topological polar surface area (TPSA) is 57.4 Å². The molecular weight excluding hydrogens is 328 g/mol. The third-order valence-corrected chi connectivity index (χ3v) is 3.56. The second kappa shape index (κ2) is 5.69. The number of aromatic amines is 2. The molecule has 5 heteroatoms. The molecule has 0 fully saturated rings. The van der Waals surface area contributed by atoms with Crippen molar-refractivity contribution in [3.63, 3.8) is 0 Å². The van der Waals surface area contributed by atoms with Crippen molar-refractivity contribution in [3.05, 3.63) is 58.6 Å². The van der Waals surface area contributed by atoms with Gasteiger partial charge in [0.25, 0.3) is 0 Å². The summed E-state index contributed by atoms with van der Waals surface area (Å²) in [6.45, 7) is 4.13. The molecule has 0 saturated carbocycles. The Morgan fingerprint density at radius 2 is 1.57 bits per heavy atom. The number of aryl methyl sites for hydroxylation is 2. The molecule has 0 atom stereocenters. The largest absolute Gasteiger partial charge is 0.345 e. The van der Waals surface area contributed by atoms with Gasteiger partial charge in [-0.05, 0) is 65.2 Å². The van der Waals surface area contributed by atoms with Gasteiger partial charge in [-0.15, -0.1) is 0 Å². The Morgan fingerprint density at radius 3 is 2.33 bits per heavy atom. The minimum Gasteiger partial charge on any atom is -0.345 e. The van der Waals surface area contributed by atoms with E-state index in [4.69, 9.17) is 0 Å². The van der Waals surface area contributed by atoms with Gasteiger partial charge in [-0.2, -0.15) is 0 Å². The van der Waals surface area contributed by atoms with E-state index in [-0.39, 0.29) is 0 Å². The quantitative estimate of drug-likeness (QED) is 0.494. The number of benzene rings is 2. The number of hydrogen-bond donors (Lipinski definition) is 2. The molecule has 0 amide bonds. The van der Waals surface area contributed by atoms with Gasteiger partial charge in [-0.3, -0.25) is 0 Å². The maximum Gasteiger partial charge on any atom is 0.175 e. The molecule has 2 aromatic heterocycles. The third-order valence-electron chi connectivity index (χ3n) is 3.18. The lowest BCUT2D eigenvalue weighted by atomic mass is 10.2. The van der Waals surface area contributed by atoms with Crippen molar-refractivity contribution < 1.29 is 0 Å². The van der Waals surface area contributed by atoms with E-state index in [2.05, 4.69) is 74.0 Å². The molecule has 4 rings (SSSR count). The Kier molecular flexibility index (Phi) is 3.75. The van der Waals surface area contributed by atoms with Crippen LogP contribution in [0.1, 0.15) is 11.1 Å². The highest BCUT2D eigenvalue weighted by Gasteiger charge is 1.98. The van der Waals surface area contributed by atoms with Crippen molar-refractivity contribution in [3.8, 4) is 0 Å². The van der Waals surface area contributed by atoms with E-state index >= 15 is 0 Å². The van der Waals surface area contributed by atoms with E-state index in [0.29, 0.717) is 0 Å². The molecule has 2 aromatic carbocycles. The molecule has 0 aliphatic carbocycles. The van der Waals surface area contributed by atoms with Gasteiger partial charge in [0, 0.05) is 0 Å². The van der Waals surface area contributed by atoms with Crippen LogP contribution in [0.3, 0.4) is 0 Å². The van der Waals surface area contributed by atoms with Gasteiger partial charge in [-0.1, -0.05) is 12.1 Å². The Balaban J connectivity index is 0.000000126.